The van der Waals surface area contributed by atoms with Crippen molar-refractivity contribution in [3.05, 3.63) is 68.8 Å². The van der Waals surface area contributed by atoms with E-state index in [9.17, 15) is 9.59 Å². The summed E-state index contributed by atoms with van der Waals surface area (Å²) in [5.74, 6) is 9.24. The van der Waals surface area contributed by atoms with E-state index in [1.165, 1.54) is 11.1 Å². The summed E-state index contributed by atoms with van der Waals surface area (Å²) in [6.45, 7) is 15.8. The molecule has 0 spiro atoms. The minimum atomic E-state index is -0.675. The molecule has 0 aliphatic carbocycles. The highest BCUT2D eigenvalue weighted by molar-refractivity contribution is 6.25. The average molecular weight is 671 g/mol. The molecule has 5 heterocycles. The van der Waals surface area contributed by atoms with Crippen LogP contribution >= 0.6 is 0 Å². The van der Waals surface area contributed by atoms with Crippen LogP contribution in [0, 0.1) is 20.8 Å². The van der Waals surface area contributed by atoms with Gasteiger partial charge in [0.15, 0.2) is 0 Å². The van der Waals surface area contributed by atoms with Crippen molar-refractivity contribution in [3.8, 4) is 0 Å². The molecule has 262 valence electrons. The molecule has 0 radical (unpaired) electrons. The van der Waals surface area contributed by atoms with E-state index in [1.807, 2.05) is 19.9 Å². The van der Waals surface area contributed by atoms with Gasteiger partial charge in [0.05, 0.1) is 23.6 Å². The summed E-state index contributed by atoms with van der Waals surface area (Å²) in [5.41, 5.74) is 12.9. The fourth-order valence-electron chi connectivity index (χ4n) is 7.25. The molecule has 11 nitrogen and oxygen atoms in total. The normalized spacial score (nSPS) is 15.9. The monoisotopic (exact) mass is 670 g/mol. The van der Waals surface area contributed by atoms with E-state index in [0.29, 0.717) is 41.1 Å². The first-order valence-electron chi connectivity index (χ1n) is 17.4. The summed E-state index contributed by atoms with van der Waals surface area (Å²) in [7, 11) is 0. The van der Waals surface area contributed by atoms with Crippen molar-refractivity contribution >= 4 is 45.2 Å². The standard InChI is InChI=1S/C38H50N6O5/c1-8-10-11-15-47-16-14-26-21(4)28-17-30-22(5)27(12-13-34(45)48-39)36(43-30)24(7)37-35(38(46)49-40)23(6)31(44-37)19-32-25(9-2)20(3)29(41-32)18-33(26)42-28/h17-19,22,27,41-42H,8-16,39-40H2,1-7H3/t22-,27-/m0/s1. The van der Waals surface area contributed by atoms with Gasteiger partial charge in [-0.1, -0.05) is 33.6 Å². The van der Waals surface area contributed by atoms with Crippen LogP contribution in [0.25, 0.3) is 33.2 Å². The van der Waals surface area contributed by atoms with Crippen LogP contribution in [-0.2, 0) is 36.8 Å². The fraction of sp³-hybridized carbons (Fsp3) is 0.474. The van der Waals surface area contributed by atoms with Crippen LogP contribution in [0.1, 0.15) is 122 Å². The number of hydrogen-bond acceptors (Lipinski definition) is 9. The molecule has 0 unspecified atom stereocenters. The quantitative estimate of drug-likeness (QED) is 0.117. The van der Waals surface area contributed by atoms with E-state index in [2.05, 4.69) is 61.6 Å². The lowest BCUT2D eigenvalue weighted by Gasteiger charge is -2.17. The SMILES string of the molecule is CCCCCOCCc1c(C)c2cc3nc(c(C)c4nc(cc5[nH]c(cc1[nH]2)c(C)c5CC)C(C)=C4C(=O)ON)[C@@H](CCC(=O)ON)[C@@H]3C. The van der Waals surface area contributed by atoms with Crippen LogP contribution in [0.2, 0.25) is 0 Å². The van der Waals surface area contributed by atoms with Gasteiger partial charge in [-0.2, -0.15) is 11.8 Å². The van der Waals surface area contributed by atoms with Gasteiger partial charge in [-0.05, 0) is 105 Å². The molecule has 3 aromatic heterocycles. The second kappa shape index (κ2) is 15.5. The van der Waals surface area contributed by atoms with Gasteiger partial charge in [-0.3, -0.25) is 9.78 Å². The van der Waals surface area contributed by atoms with Crippen LogP contribution in [0.15, 0.2) is 18.2 Å². The molecule has 6 N–H and O–H groups in total. The molecule has 11 heteroatoms. The Morgan fingerprint density at radius 1 is 0.837 bits per heavy atom. The summed E-state index contributed by atoms with van der Waals surface area (Å²) in [4.78, 5) is 52.1. The lowest BCUT2D eigenvalue weighted by Crippen LogP contribution is -2.14. The van der Waals surface area contributed by atoms with Crippen LogP contribution < -0.4 is 11.8 Å². The maximum atomic E-state index is 13.2. The number of fused-ring (bicyclic) bond motifs is 8. The number of nitrogens with zero attached hydrogens (tertiary/aromatic N) is 2. The first-order valence-corrected chi connectivity index (χ1v) is 17.4. The van der Waals surface area contributed by atoms with E-state index >= 15 is 0 Å². The Hall–Kier alpha value is -4.32. The van der Waals surface area contributed by atoms with Gasteiger partial charge < -0.3 is 24.4 Å². The van der Waals surface area contributed by atoms with Gasteiger partial charge in [0, 0.05) is 58.3 Å². The number of H-pyrrole nitrogens is 2. The number of rotatable bonds is 12. The molecule has 0 saturated heterocycles. The molecule has 5 rings (SSSR count). The fourth-order valence-corrected chi connectivity index (χ4v) is 7.25. The summed E-state index contributed by atoms with van der Waals surface area (Å²) < 4.78 is 6.06. The number of unbranched alkanes of at least 4 members (excludes halogenated alkanes) is 2. The lowest BCUT2D eigenvalue weighted by molar-refractivity contribution is -0.144. The predicted octanol–water partition coefficient (Wildman–Crippen LogP) is 6.98. The average Bonchev–Trinajstić information content (AvgIpc) is 3.78. The zero-order valence-corrected chi connectivity index (χ0v) is 29.8. The molecule has 49 heavy (non-hydrogen) atoms. The van der Waals surface area contributed by atoms with Crippen molar-refractivity contribution < 1.29 is 24.0 Å². The zero-order chi connectivity index (χ0) is 35.4. The van der Waals surface area contributed by atoms with Gasteiger partial charge in [-0.25, -0.2) is 9.78 Å². The predicted molar refractivity (Wildman–Crippen MR) is 192 cm³/mol. The number of aryl methyl sites for hydroxylation is 3. The summed E-state index contributed by atoms with van der Waals surface area (Å²) >= 11 is 0. The van der Waals surface area contributed by atoms with E-state index in [4.69, 9.17) is 31.3 Å². The highest BCUT2D eigenvalue weighted by atomic mass is 16.7. The lowest BCUT2D eigenvalue weighted by atomic mass is 9.85. The number of hydrogen-bond donors (Lipinski definition) is 4. The third kappa shape index (κ3) is 7.20. The van der Waals surface area contributed by atoms with Crippen LogP contribution in [0.4, 0.5) is 0 Å². The second-order valence-electron chi connectivity index (χ2n) is 13.2. The summed E-state index contributed by atoms with van der Waals surface area (Å²) in [5, 5.41) is 0. The molecule has 0 fully saturated rings. The minimum absolute atomic E-state index is 0.0569. The van der Waals surface area contributed by atoms with Crippen molar-refractivity contribution in [2.45, 2.75) is 105 Å². The third-order valence-corrected chi connectivity index (χ3v) is 10.2. The van der Waals surface area contributed by atoms with E-state index in [-0.39, 0.29) is 18.3 Å². The number of carbonyl (C=O) groups excluding carboxylic acids is 2. The van der Waals surface area contributed by atoms with Crippen molar-refractivity contribution in [2.24, 2.45) is 11.8 Å². The molecule has 2 atom stereocenters. The first-order chi connectivity index (χ1) is 23.5. The number of allylic oxidation sites excluding steroid dienone is 1. The van der Waals surface area contributed by atoms with Crippen LogP contribution in [0.5, 0.6) is 0 Å². The number of aromatic amines is 2. The molecule has 2 aliphatic rings. The van der Waals surface area contributed by atoms with E-state index in [1.54, 1.807) is 0 Å². The van der Waals surface area contributed by atoms with Gasteiger partial charge in [0.25, 0.3) is 0 Å². The topological polar surface area (TPSA) is 171 Å². The second-order valence-corrected chi connectivity index (χ2v) is 13.2. The maximum Gasteiger partial charge on any atom is 0.359 e. The Labute approximate surface area is 287 Å². The minimum Gasteiger partial charge on any atom is -0.381 e. The van der Waals surface area contributed by atoms with Crippen molar-refractivity contribution in [1.29, 1.82) is 0 Å². The van der Waals surface area contributed by atoms with Crippen LogP contribution in [0.3, 0.4) is 0 Å². The molecule has 0 saturated carbocycles. The maximum absolute atomic E-state index is 13.2. The van der Waals surface area contributed by atoms with E-state index in [0.717, 1.165) is 83.3 Å². The van der Waals surface area contributed by atoms with Crippen molar-refractivity contribution in [3.63, 3.8) is 0 Å². The Balaban J connectivity index is 1.83. The smallest absolute Gasteiger partial charge is 0.359 e. The van der Waals surface area contributed by atoms with Gasteiger partial charge in [0.1, 0.15) is 0 Å². The Morgan fingerprint density at radius 3 is 2.20 bits per heavy atom. The van der Waals surface area contributed by atoms with Crippen molar-refractivity contribution in [1.82, 2.24) is 19.9 Å². The Morgan fingerprint density at radius 2 is 1.53 bits per heavy atom. The first kappa shape index (κ1) is 36.0. The molecular weight excluding hydrogens is 620 g/mol. The number of carbonyl (C=O) groups is 2. The van der Waals surface area contributed by atoms with Gasteiger partial charge in [-0.15, -0.1) is 0 Å². The van der Waals surface area contributed by atoms with Crippen LogP contribution in [-0.4, -0.2) is 45.1 Å². The molecular formula is C38H50N6O5. The largest absolute Gasteiger partial charge is 0.381 e. The number of aromatic nitrogens is 4. The highest BCUT2D eigenvalue weighted by Gasteiger charge is 2.34. The number of nitrogens with one attached hydrogen (secondary N) is 2. The van der Waals surface area contributed by atoms with Crippen molar-refractivity contribution in [2.75, 3.05) is 13.2 Å². The third-order valence-electron chi connectivity index (χ3n) is 10.2. The van der Waals surface area contributed by atoms with E-state index < -0.39 is 11.9 Å². The molecule has 0 aromatic carbocycles. The molecule has 0 amide bonds. The summed E-state index contributed by atoms with van der Waals surface area (Å²) in [6, 6.07) is 6.27. The molecule has 3 aromatic rings. The highest BCUT2D eigenvalue weighted by Crippen LogP contribution is 2.43. The Bertz CT molecular complexity index is 1940. The number of ether oxygens (including phenoxy) is 1. The van der Waals surface area contributed by atoms with Gasteiger partial charge >= 0.3 is 11.9 Å². The van der Waals surface area contributed by atoms with Gasteiger partial charge in [0.2, 0.25) is 0 Å². The number of nitrogens with two attached hydrogens (primary N) is 2. The summed E-state index contributed by atoms with van der Waals surface area (Å²) in [6.07, 6.45) is 5.53. The zero-order valence-electron chi connectivity index (χ0n) is 29.8. The molecule has 2 aliphatic heterocycles. The Kier molecular flexibility index (Phi) is 11.4. The molecule has 8 bridgehead atoms.